The molecule has 1 rings (SSSR count). The summed E-state index contributed by atoms with van der Waals surface area (Å²) in [4.78, 5) is 21.1. The fourth-order valence-electron chi connectivity index (χ4n) is 0.871. The van der Waals surface area contributed by atoms with E-state index >= 15 is 0 Å². The molecular formula is C8H10N2O3. The Morgan fingerprint density at radius 1 is 1.31 bits per heavy atom. The Kier molecular flexibility index (Phi) is 3.08. The Morgan fingerprint density at radius 3 is 2.46 bits per heavy atom. The van der Waals surface area contributed by atoms with Gasteiger partial charge in [-0.25, -0.2) is 0 Å². The molecule has 13 heavy (non-hydrogen) atoms. The zero-order valence-electron chi connectivity index (χ0n) is 6.93. The van der Waals surface area contributed by atoms with E-state index in [-0.39, 0.29) is 19.0 Å². The van der Waals surface area contributed by atoms with Crippen LogP contribution in [0.1, 0.15) is 0 Å². The highest BCUT2D eigenvalue weighted by molar-refractivity contribution is 5.80. The highest BCUT2D eigenvalue weighted by Gasteiger charge is 2.03. The summed E-state index contributed by atoms with van der Waals surface area (Å²) >= 11 is 0. The maximum absolute atomic E-state index is 11.0. The monoisotopic (exact) mass is 182 g/mol. The van der Waals surface area contributed by atoms with Gasteiger partial charge in [-0.1, -0.05) is 0 Å². The normalized spacial score (nSPS) is 9.54. The molecule has 0 aliphatic heterocycles. The lowest BCUT2D eigenvalue weighted by Gasteiger charge is -2.02. The molecule has 0 aliphatic carbocycles. The van der Waals surface area contributed by atoms with Crippen LogP contribution in [0.4, 0.5) is 0 Å². The lowest BCUT2D eigenvalue weighted by molar-refractivity contribution is -0.138. The summed E-state index contributed by atoms with van der Waals surface area (Å²) in [7, 11) is 0. The lowest BCUT2D eigenvalue weighted by Crippen LogP contribution is -2.31. The highest BCUT2D eigenvalue weighted by Crippen LogP contribution is 1.88. The summed E-state index contributed by atoms with van der Waals surface area (Å²) in [5.74, 6) is -1.35. The minimum atomic E-state index is -1.04. The molecule has 0 unspecified atom stereocenters. The molecule has 1 aromatic rings. The van der Waals surface area contributed by atoms with E-state index in [2.05, 4.69) is 5.32 Å². The minimum absolute atomic E-state index is 0.153. The van der Waals surface area contributed by atoms with E-state index in [1.165, 1.54) is 0 Å². The first-order valence-corrected chi connectivity index (χ1v) is 3.78. The maximum Gasteiger partial charge on any atom is 0.322 e. The predicted octanol–water partition coefficient (Wildman–Crippen LogP) is -0.311. The number of aromatic nitrogens is 1. The standard InChI is InChI=1S/C8H10N2O3/c11-7(9-5-8(12)13)6-10-3-1-2-4-10/h1-4H,5-6H2,(H,9,11)(H,12,13). The zero-order chi connectivity index (χ0) is 9.68. The number of carbonyl (C=O) groups is 2. The molecule has 2 N–H and O–H groups in total. The third kappa shape index (κ3) is 3.42. The van der Waals surface area contributed by atoms with Gasteiger partial charge in [-0.15, -0.1) is 0 Å². The average molecular weight is 182 g/mol. The molecule has 0 atom stereocenters. The molecule has 1 amide bonds. The molecule has 0 aliphatic rings. The van der Waals surface area contributed by atoms with Gasteiger partial charge in [0, 0.05) is 12.4 Å². The average Bonchev–Trinajstić information content (AvgIpc) is 2.53. The number of nitrogens with one attached hydrogen (secondary N) is 1. The summed E-state index contributed by atoms with van der Waals surface area (Å²) in [6.07, 6.45) is 3.47. The summed E-state index contributed by atoms with van der Waals surface area (Å²) in [5.41, 5.74) is 0. The van der Waals surface area contributed by atoms with Crippen LogP contribution in [-0.2, 0) is 16.1 Å². The third-order valence-electron chi connectivity index (χ3n) is 1.43. The summed E-state index contributed by atoms with van der Waals surface area (Å²) in [6.45, 7) is -0.180. The molecule has 0 fully saturated rings. The Hall–Kier alpha value is -1.78. The van der Waals surface area contributed by atoms with Gasteiger partial charge in [0.25, 0.3) is 0 Å². The first-order valence-electron chi connectivity index (χ1n) is 3.78. The van der Waals surface area contributed by atoms with Crippen molar-refractivity contribution in [2.75, 3.05) is 6.54 Å². The van der Waals surface area contributed by atoms with Crippen LogP contribution in [0.2, 0.25) is 0 Å². The van der Waals surface area contributed by atoms with Crippen molar-refractivity contribution in [3.63, 3.8) is 0 Å². The van der Waals surface area contributed by atoms with Gasteiger partial charge in [0.15, 0.2) is 0 Å². The van der Waals surface area contributed by atoms with E-state index in [4.69, 9.17) is 5.11 Å². The zero-order valence-corrected chi connectivity index (χ0v) is 6.93. The molecular weight excluding hydrogens is 172 g/mol. The first kappa shape index (κ1) is 9.31. The van der Waals surface area contributed by atoms with Gasteiger partial charge >= 0.3 is 5.97 Å². The number of carbonyl (C=O) groups excluding carboxylic acids is 1. The number of carboxylic acid groups (broad SMARTS) is 1. The molecule has 0 aromatic carbocycles. The van der Waals surface area contributed by atoms with E-state index in [1.807, 2.05) is 0 Å². The SMILES string of the molecule is O=C(O)CNC(=O)Cn1cccc1. The third-order valence-corrected chi connectivity index (χ3v) is 1.43. The van der Waals surface area contributed by atoms with E-state index in [0.29, 0.717) is 0 Å². The number of hydrogen-bond acceptors (Lipinski definition) is 2. The summed E-state index contributed by atoms with van der Waals surface area (Å²) in [5, 5.41) is 10.5. The maximum atomic E-state index is 11.0. The Balaban J connectivity index is 2.30. The van der Waals surface area contributed by atoms with Crippen LogP contribution < -0.4 is 5.32 Å². The quantitative estimate of drug-likeness (QED) is 0.670. The van der Waals surface area contributed by atoms with Gasteiger partial charge in [-0.05, 0) is 12.1 Å². The molecule has 0 spiro atoms. The van der Waals surface area contributed by atoms with Crippen LogP contribution in [0, 0.1) is 0 Å². The second-order valence-electron chi connectivity index (χ2n) is 2.53. The van der Waals surface area contributed by atoms with Crippen LogP contribution >= 0.6 is 0 Å². The topological polar surface area (TPSA) is 71.3 Å². The first-order chi connectivity index (χ1) is 6.18. The molecule has 1 heterocycles. The minimum Gasteiger partial charge on any atom is -0.480 e. The Morgan fingerprint density at radius 2 is 1.92 bits per heavy atom. The highest BCUT2D eigenvalue weighted by atomic mass is 16.4. The van der Waals surface area contributed by atoms with Gasteiger partial charge in [0.1, 0.15) is 13.1 Å². The van der Waals surface area contributed by atoms with E-state index < -0.39 is 5.97 Å². The fraction of sp³-hybridized carbons (Fsp3) is 0.250. The second-order valence-corrected chi connectivity index (χ2v) is 2.53. The van der Waals surface area contributed by atoms with Crippen molar-refractivity contribution in [1.82, 2.24) is 9.88 Å². The Bertz CT molecular complexity index is 292. The van der Waals surface area contributed by atoms with Crippen molar-refractivity contribution in [3.8, 4) is 0 Å². The van der Waals surface area contributed by atoms with Gasteiger partial charge < -0.3 is 15.0 Å². The van der Waals surface area contributed by atoms with Crippen molar-refractivity contribution in [2.45, 2.75) is 6.54 Å². The number of aliphatic carboxylic acids is 1. The number of nitrogens with zero attached hydrogens (tertiary/aromatic N) is 1. The summed E-state index contributed by atoms with van der Waals surface area (Å²) in [6, 6.07) is 3.59. The fourth-order valence-corrected chi connectivity index (χ4v) is 0.871. The number of rotatable bonds is 4. The van der Waals surface area contributed by atoms with Crippen LogP contribution in [0.3, 0.4) is 0 Å². The second kappa shape index (κ2) is 4.30. The van der Waals surface area contributed by atoms with Crippen LogP contribution in [-0.4, -0.2) is 28.1 Å². The molecule has 5 nitrogen and oxygen atoms in total. The molecule has 0 radical (unpaired) electrons. The van der Waals surface area contributed by atoms with Crippen LogP contribution in [0.5, 0.6) is 0 Å². The smallest absolute Gasteiger partial charge is 0.322 e. The van der Waals surface area contributed by atoms with Gasteiger partial charge in [0.05, 0.1) is 0 Å². The molecule has 0 bridgehead atoms. The summed E-state index contributed by atoms with van der Waals surface area (Å²) < 4.78 is 1.66. The van der Waals surface area contributed by atoms with E-state index in [1.54, 1.807) is 29.1 Å². The molecule has 0 saturated carbocycles. The molecule has 70 valence electrons. The molecule has 5 heteroatoms. The lowest BCUT2D eigenvalue weighted by atomic mass is 10.5. The number of amides is 1. The van der Waals surface area contributed by atoms with Crippen molar-refractivity contribution in [2.24, 2.45) is 0 Å². The van der Waals surface area contributed by atoms with Crippen molar-refractivity contribution in [1.29, 1.82) is 0 Å². The van der Waals surface area contributed by atoms with Gasteiger partial charge in [-0.2, -0.15) is 0 Å². The van der Waals surface area contributed by atoms with E-state index in [9.17, 15) is 9.59 Å². The van der Waals surface area contributed by atoms with Crippen LogP contribution in [0.25, 0.3) is 0 Å². The van der Waals surface area contributed by atoms with Crippen molar-refractivity contribution < 1.29 is 14.7 Å². The van der Waals surface area contributed by atoms with Gasteiger partial charge in [-0.3, -0.25) is 9.59 Å². The van der Waals surface area contributed by atoms with Gasteiger partial charge in [0.2, 0.25) is 5.91 Å². The number of carboxylic acids is 1. The Labute approximate surface area is 75.0 Å². The van der Waals surface area contributed by atoms with Crippen LogP contribution in [0.15, 0.2) is 24.5 Å². The molecule has 1 aromatic heterocycles. The number of hydrogen-bond donors (Lipinski definition) is 2. The molecule has 0 saturated heterocycles. The van der Waals surface area contributed by atoms with E-state index in [0.717, 1.165) is 0 Å². The largest absolute Gasteiger partial charge is 0.480 e. The predicted molar refractivity (Wildman–Crippen MR) is 45.1 cm³/mol. The van der Waals surface area contributed by atoms with Crippen molar-refractivity contribution >= 4 is 11.9 Å². The van der Waals surface area contributed by atoms with Crippen molar-refractivity contribution in [3.05, 3.63) is 24.5 Å².